The lowest BCUT2D eigenvalue weighted by Gasteiger charge is -2.38. The van der Waals surface area contributed by atoms with E-state index in [1.807, 2.05) is 26.0 Å². The van der Waals surface area contributed by atoms with Crippen LogP contribution in [-0.2, 0) is 15.6 Å². The highest BCUT2D eigenvalue weighted by molar-refractivity contribution is 5.90. The second-order valence-electron chi connectivity index (χ2n) is 10.4. The smallest absolute Gasteiger partial charge is 0.324 e. The van der Waals surface area contributed by atoms with Gasteiger partial charge in [0.25, 0.3) is 0 Å². The first-order chi connectivity index (χ1) is 14.5. The molecule has 1 saturated carbocycles. The summed E-state index contributed by atoms with van der Waals surface area (Å²) in [6.45, 7) is 14.8. The molecule has 4 nitrogen and oxygen atoms in total. The Balaban J connectivity index is 1.71. The van der Waals surface area contributed by atoms with E-state index in [0.29, 0.717) is 5.75 Å². The Morgan fingerprint density at radius 1 is 0.806 bits per heavy atom. The fraction of sp³-hybridized carbons (Fsp3) is 0.444. The maximum Gasteiger partial charge on any atom is 0.324 e. The molecule has 31 heavy (non-hydrogen) atoms. The first-order valence-corrected chi connectivity index (χ1v) is 11.1. The second-order valence-corrected chi connectivity index (χ2v) is 10.4. The van der Waals surface area contributed by atoms with Gasteiger partial charge < -0.3 is 4.74 Å². The fourth-order valence-corrected chi connectivity index (χ4v) is 6.00. The van der Waals surface area contributed by atoms with Crippen LogP contribution in [0.5, 0.6) is 5.75 Å². The van der Waals surface area contributed by atoms with E-state index in [1.165, 1.54) is 11.1 Å². The van der Waals surface area contributed by atoms with E-state index < -0.39 is 5.41 Å². The summed E-state index contributed by atoms with van der Waals surface area (Å²) in [6, 6.07) is 10.1. The first-order valence-electron chi connectivity index (χ1n) is 11.1. The largest absolute Gasteiger partial charge is 0.426 e. The van der Waals surface area contributed by atoms with E-state index in [9.17, 15) is 4.79 Å². The maximum atomic E-state index is 13.9. The number of aryl methyl sites for hydroxylation is 4. The number of carbonyl (C=O) groups is 1. The van der Waals surface area contributed by atoms with E-state index in [2.05, 4.69) is 52.8 Å². The molecule has 0 radical (unpaired) electrons. The van der Waals surface area contributed by atoms with Crippen molar-refractivity contribution in [3.63, 3.8) is 0 Å². The van der Waals surface area contributed by atoms with Crippen LogP contribution in [0.1, 0.15) is 67.3 Å². The van der Waals surface area contributed by atoms with Gasteiger partial charge in [0.2, 0.25) is 0 Å². The van der Waals surface area contributed by atoms with Crippen LogP contribution >= 0.6 is 0 Å². The zero-order chi connectivity index (χ0) is 22.3. The van der Waals surface area contributed by atoms with Crippen molar-refractivity contribution < 1.29 is 9.53 Å². The summed E-state index contributed by atoms with van der Waals surface area (Å²) in [5.74, 6) is 0.400. The maximum absolute atomic E-state index is 13.9. The fourth-order valence-electron chi connectivity index (χ4n) is 6.00. The van der Waals surface area contributed by atoms with E-state index in [-0.39, 0.29) is 16.8 Å². The van der Waals surface area contributed by atoms with Crippen molar-refractivity contribution in [3.8, 4) is 5.75 Å². The molecule has 2 aliphatic rings. The Labute approximate surface area is 184 Å². The molecule has 2 atom stereocenters. The Kier molecular flexibility index (Phi) is 4.00. The highest BCUT2D eigenvalue weighted by atomic mass is 16.5. The number of esters is 1. The predicted octanol–water partition coefficient (Wildman–Crippen LogP) is 5.80. The summed E-state index contributed by atoms with van der Waals surface area (Å²) in [7, 11) is 0. The predicted molar refractivity (Wildman–Crippen MR) is 123 cm³/mol. The monoisotopic (exact) mass is 414 g/mol. The second kappa shape index (κ2) is 6.15. The van der Waals surface area contributed by atoms with Crippen LogP contribution in [0, 0.1) is 33.1 Å². The van der Waals surface area contributed by atoms with E-state index in [4.69, 9.17) is 14.7 Å². The average Bonchev–Trinajstić information content (AvgIpc) is 2.96. The summed E-state index contributed by atoms with van der Waals surface area (Å²) in [5, 5.41) is 0. The van der Waals surface area contributed by atoms with Crippen LogP contribution < -0.4 is 4.74 Å². The highest BCUT2D eigenvalue weighted by Crippen LogP contribution is 2.70. The third kappa shape index (κ3) is 2.45. The molecule has 160 valence electrons. The third-order valence-electron chi connectivity index (χ3n) is 8.41. The van der Waals surface area contributed by atoms with Gasteiger partial charge in [-0.05, 0) is 92.5 Å². The van der Waals surface area contributed by atoms with Crippen molar-refractivity contribution in [1.82, 2.24) is 9.97 Å². The molecule has 0 N–H and O–H groups in total. The summed E-state index contributed by atoms with van der Waals surface area (Å²) < 4.78 is 6.07. The Morgan fingerprint density at radius 2 is 1.35 bits per heavy atom. The molecule has 2 unspecified atom stereocenters. The molecule has 2 bridgehead atoms. The van der Waals surface area contributed by atoms with E-state index >= 15 is 0 Å². The molecule has 1 aromatic heterocycles. The Hall–Kier alpha value is -2.75. The van der Waals surface area contributed by atoms with Crippen LogP contribution in [0.4, 0.5) is 0 Å². The first kappa shape index (κ1) is 20.2. The molecule has 2 aromatic carbocycles. The molecule has 5 rings (SSSR count). The van der Waals surface area contributed by atoms with Gasteiger partial charge >= 0.3 is 5.97 Å². The molecule has 1 fully saturated rings. The quantitative estimate of drug-likeness (QED) is 0.393. The van der Waals surface area contributed by atoms with Gasteiger partial charge in [0.15, 0.2) is 0 Å². The van der Waals surface area contributed by atoms with Gasteiger partial charge in [-0.2, -0.15) is 0 Å². The normalized spacial score (nSPS) is 25.6. The summed E-state index contributed by atoms with van der Waals surface area (Å²) >= 11 is 0. The number of nitrogens with zero attached hydrogens (tertiary/aromatic N) is 2. The van der Waals surface area contributed by atoms with Crippen molar-refractivity contribution >= 4 is 17.0 Å². The van der Waals surface area contributed by atoms with Crippen molar-refractivity contribution in [2.24, 2.45) is 5.41 Å². The molecular formula is C27H30N2O2. The van der Waals surface area contributed by atoms with Crippen molar-refractivity contribution in [3.05, 3.63) is 64.0 Å². The summed E-state index contributed by atoms with van der Waals surface area (Å²) in [5.41, 5.74) is 6.74. The molecule has 3 aromatic rings. The molecule has 0 aliphatic heterocycles. The molecule has 0 spiro atoms. The van der Waals surface area contributed by atoms with Gasteiger partial charge in [-0.15, -0.1) is 0 Å². The van der Waals surface area contributed by atoms with Gasteiger partial charge in [0.1, 0.15) is 11.2 Å². The number of fused-ring (bicyclic) bond motifs is 6. The van der Waals surface area contributed by atoms with Gasteiger partial charge in [-0.25, -0.2) is 9.97 Å². The lowest BCUT2D eigenvalue weighted by atomic mass is 9.64. The van der Waals surface area contributed by atoms with E-state index in [1.54, 1.807) is 0 Å². The zero-order valence-electron chi connectivity index (χ0n) is 19.5. The van der Waals surface area contributed by atoms with Crippen molar-refractivity contribution in [2.75, 3.05) is 0 Å². The van der Waals surface area contributed by atoms with Gasteiger partial charge in [0.05, 0.1) is 22.4 Å². The minimum absolute atomic E-state index is 0.206. The number of aromatic nitrogens is 2. The number of carbonyl (C=O) groups excluding carboxylic acids is 1. The van der Waals surface area contributed by atoms with Crippen molar-refractivity contribution in [1.29, 1.82) is 0 Å². The highest BCUT2D eigenvalue weighted by Gasteiger charge is 2.74. The van der Waals surface area contributed by atoms with Gasteiger partial charge in [-0.1, -0.05) is 26.8 Å². The Bertz CT molecular complexity index is 1260. The molecule has 2 aliphatic carbocycles. The van der Waals surface area contributed by atoms with Crippen LogP contribution in [0.2, 0.25) is 0 Å². The lowest BCUT2D eigenvalue weighted by molar-refractivity contribution is -0.145. The standard InChI is InChI=1S/C27H30N2O2/c1-15-10-16(2)12-19(11-15)31-24(30)27-9-8-26(7,25(27,5)6)22-23(27)29-21-14-18(4)17(3)13-20(21)28-22/h10-14H,8-9H2,1-7H3. The molecule has 0 amide bonds. The van der Waals surface area contributed by atoms with Crippen molar-refractivity contribution in [2.45, 2.75) is 72.1 Å². The number of hydrogen-bond acceptors (Lipinski definition) is 4. The van der Waals surface area contributed by atoms with Crippen LogP contribution in [-0.4, -0.2) is 15.9 Å². The molecule has 0 saturated heterocycles. The van der Waals surface area contributed by atoms with Gasteiger partial charge in [0, 0.05) is 5.41 Å². The summed E-state index contributed by atoms with van der Waals surface area (Å²) in [6.07, 6.45) is 1.64. The minimum Gasteiger partial charge on any atom is -0.426 e. The van der Waals surface area contributed by atoms with Crippen LogP contribution in [0.25, 0.3) is 11.0 Å². The van der Waals surface area contributed by atoms with Crippen LogP contribution in [0.3, 0.4) is 0 Å². The summed E-state index contributed by atoms with van der Waals surface area (Å²) in [4.78, 5) is 24.1. The Morgan fingerprint density at radius 3 is 1.94 bits per heavy atom. The molecular weight excluding hydrogens is 384 g/mol. The van der Waals surface area contributed by atoms with Crippen LogP contribution in [0.15, 0.2) is 30.3 Å². The number of benzene rings is 2. The average molecular weight is 415 g/mol. The SMILES string of the molecule is Cc1cc(C)cc(OC(=O)C23CCC(C)(c4nc5cc(C)c(C)cc5nc42)C3(C)C)c1. The molecule has 4 heteroatoms. The topological polar surface area (TPSA) is 52.1 Å². The zero-order valence-corrected chi connectivity index (χ0v) is 19.5. The minimum atomic E-state index is -0.797. The third-order valence-corrected chi connectivity index (χ3v) is 8.41. The molecule has 1 heterocycles. The number of hydrogen-bond donors (Lipinski definition) is 0. The number of rotatable bonds is 2. The van der Waals surface area contributed by atoms with E-state index in [0.717, 1.165) is 46.4 Å². The van der Waals surface area contributed by atoms with Gasteiger partial charge in [-0.3, -0.25) is 4.79 Å². The number of ether oxygens (including phenoxy) is 1. The lowest BCUT2D eigenvalue weighted by Crippen LogP contribution is -2.48.